The summed E-state index contributed by atoms with van der Waals surface area (Å²) in [5, 5.41) is 2.48. The Morgan fingerprint density at radius 1 is 1.04 bits per heavy atom. The molecule has 23 heavy (non-hydrogen) atoms. The standard InChI is InChI=1S/C18H19NO4/c1-13(14-6-4-3-5-7-14)23-16-10-8-15(9-11-16)18(21)19-12-17(20)22-2/h3-11,13H,12H2,1-2H3,(H,19,21)/t13-/m0/s1. The monoisotopic (exact) mass is 313 g/mol. The smallest absolute Gasteiger partial charge is 0.325 e. The van der Waals surface area contributed by atoms with E-state index in [9.17, 15) is 9.59 Å². The SMILES string of the molecule is COC(=O)CNC(=O)c1ccc(O[C@@H](C)c2ccccc2)cc1. The molecule has 0 unspecified atom stereocenters. The molecule has 0 saturated carbocycles. The van der Waals surface area contributed by atoms with E-state index >= 15 is 0 Å². The van der Waals surface area contributed by atoms with E-state index in [1.807, 2.05) is 37.3 Å². The number of benzene rings is 2. The number of ether oxygens (including phenoxy) is 2. The van der Waals surface area contributed by atoms with Crippen molar-refractivity contribution in [1.29, 1.82) is 0 Å². The number of hydrogen-bond acceptors (Lipinski definition) is 4. The highest BCUT2D eigenvalue weighted by Crippen LogP contribution is 2.21. The Balaban J connectivity index is 1.94. The fourth-order valence-corrected chi connectivity index (χ4v) is 2.01. The summed E-state index contributed by atoms with van der Waals surface area (Å²) in [6.07, 6.45) is -0.0878. The predicted octanol–water partition coefficient (Wildman–Crippen LogP) is 2.73. The largest absolute Gasteiger partial charge is 0.486 e. The topological polar surface area (TPSA) is 64.6 Å². The van der Waals surface area contributed by atoms with Crippen molar-refractivity contribution in [3.8, 4) is 5.75 Å². The van der Waals surface area contributed by atoms with Crippen molar-refractivity contribution in [3.05, 3.63) is 65.7 Å². The lowest BCUT2D eigenvalue weighted by Crippen LogP contribution is -2.30. The molecule has 0 aromatic heterocycles. The highest BCUT2D eigenvalue weighted by Gasteiger charge is 2.10. The van der Waals surface area contributed by atoms with E-state index in [1.54, 1.807) is 24.3 Å². The zero-order valence-corrected chi connectivity index (χ0v) is 13.1. The summed E-state index contributed by atoms with van der Waals surface area (Å²) in [6.45, 7) is 1.81. The molecule has 0 bridgehead atoms. The van der Waals surface area contributed by atoms with Crippen molar-refractivity contribution < 1.29 is 19.1 Å². The van der Waals surface area contributed by atoms with Crippen LogP contribution in [-0.2, 0) is 9.53 Å². The Morgan fingerprint density at radius 3 is 2.30 bits per heavy atom. The Labute approximate surface area is 135 Å². The molecule has 0 aliphatic rings. The minimum Gasteiger partial charge on any atom is -0.486 e. The molecule has 1 N–H and O–H groups in total. The maximum absolute atomic E-state index is 11.9. The van der Waals surface area contributed by atoms with Gasteiger partial charge in [0.25, 0.3) is 5.91 Å². The van der Waals surface area contributed by atoms with Gasteiger partial charge in [-0.15, -0.1) is 0 Å². The van der Waals surface area contributed by atoms with Crippen molar-refractivity contribution in [1.82, 2.24) is 5.32 Å². The van der Waals surface area contributed by atoms with Gasteiger partial charge in [-0.2, -0.15) is 0 Å². The number of methoxy groups -OCH3 is 1. The lowest BCUT2D eigenvalue weighted by Gasteiger charge is -2.15. The van der Waals surface area contributed by atoms with Crippen LogP contribution >= 0.6 is 0 Å². The first-order chi connectivity index (χ1) is 11.1. The average molecular weight is 313 g/mol. The van der Waals surface area contributed by atoms with Crippen LogP contribution in [-0.4, -0.2) is 25.5 Å². The second-order valence-corrected chi connectivity index (χ2v) is 4.95. The van der Waals surface area contributed by atoms with Crippen molar-refractivity contribution in [2.24, 2.45) is 0 Å². The maximum Gasteiger partial charge on any atom is 0.325 e. The molecule has 2 rings (SSSR count). The fourth-order valence-electron chi connectivity index (χ4n) is 2.01. The summed E-state index contributed by atoms with van der Waals surface area (Å²) in [7, 11) is 1.27. The third-order valence-electron chi connectivity index (χ3n) is 3.32. The number of hydrogen-bond donors (Lipinski definition) is 1. The van der Waals surface area contributed by atoms with Crippen LogP contribution in [0.1, 0.15) is 28.9 Å². The molecule has 1 amide bonds. The lowest BCUT2D eigenvalue weighted by atomic mass is 10.1. The number of rotatable bonds is 6. The van der Waals surface area contributed by atoms with E-state index in [0.717, 1.165) is 5.56 Å². The molecule has 5 heteroatoms. The molecule has 0 heterocycles. The quantitative estimate of drug-likeness (QED) is 0.833. The third-order valence-corrected chi connectivity index (χ3v) is 3.32. The zero-order valence-electron chi connectivity index (χ0n) is 13.1. The van der Waals surface area contributed by atoms with E-state index in [4.69, 9.17) is 4.74 Å². The van der Waals surface area contributed by atoms with E-state index in [1.165, 1.54) is 7.11 Å². The molecule has 2 aromatic rings. The van der Waals surface area contributed by atoms with Crippen LogP contribution < -0.4 is 10.1 Å². The van der Waals surface area contributed by atoms with E-state index in [2.05, 4.69) is 10.1 Å². The maximum atomic E-state index is 11.9. The third kappa shape index (κ3) is 4.85. The highest BCUT2D eigenvalue weighted by atomic mass is 16.5. The van der Waals surface area contributed by atoms with Gasteiger partial charge in [-0.3, -0.25) is 9.59 Å². The molecule has 0 aliphatic carbocycles. The highest BCUT2D eigenvalue weighted by molar-refractivity contribution is 5.95. The summed E-state index contributed by atoms with van der Waals surface area (Å²) >= 11 is 0. The van der Waals surface area contributed by atoms with Crippen molar-refractivity contribution in [2.45, 2.75) is 13.0 Å². The molecule has 0 radical (unpaired) electrons. The Kier molecular flexibility index (Phi) is 5.74. The molecule has 0 fully saturated rings. The minimum atomic E-state index is -0.491. The summed E-state index contributed by atoms with van der Waals surface area (Å²) in [5.74, 6) is -0.154. The molecule has 2 aromatic carbocycles. The van der Waals surface area contributed by atoms with Gasteiger partial charge in [0.05, 0.1) is 7.11 Å². The van der Waals surface area contributed by atoms with Gasteiger partial charge in [0.1, 0.15) is 18.4 Å². The first-order valence-electron chi connectivity index (χ1n) is 7.27. The lowest BCUT2D eigenvalue weighted by molar-refractivity contribution is -0.139. The number of carbonyl (C=O) groups is 2. The van der Waals surface area contributed by atoms with E-state index < -0.39 is 5.97 Å². The molecular weight excluding hydrogens is 294 g/mol. The van der Waals surface area contributed by atoms with Gasteiger partial charge in [-0.1, -0.05) is 30.3 Å². The van der Waals surface area contributed by atoms with Crippen LogP contribution in [0.2, 0.25) is 0 Å². The van der Waals surface area contributed by atoms with Crippen molar-refractivity contribution in [2.75, 3.05) is 13.7 Å². The summed E-state index contributed by atoms with van der Waals surface area (Å²) in [4.78, 5) is 22.9. The average Bonchev–Trinajstić information content (AvgIpc) is 2.60. The van der Waals surface area contributed by atoms with Crippen LogP contribution in [0.5, 0.6) is 5.75 Å². The van der Waals surface area contributed by atoms with Gasteiger partial charge >= 0.3 is 5.97 Å². The van der Waals surface area contributed by atoms with Gasteiger partial charge in [0.15, 0.2) is 0 Å². The summed E-state index contributed by atoms with van der Waals surface area (Å²) in [5.41, 5.74) is 1.53. The zero-order chi connectivity index (χ0) is 16.7. The Morgan fingerprint density at radius 2 is 1.70 bits per heavy atom. The van der Waals surface area contributed by atoms with Crippen LogP contribution in [0.25, 0.3) is 0 Å². The van der Waals surface area contributed by atoms with Gasteiger partial charge in [0, 0.05) is 5.56 Å². The van der Waals surface area contributed by atoms with Crippen molar-refractivity contribution >= 4 is 11.9 Å². The molecule has 120 valence electrons. The Hall–Kier alpha value is -2.82. The summed E-state index contributed by atoms with van der Waals surface area (Å²) < 4.78 is 10.3. The van der Waals surface area contributed by atoms with Gasteiger partial charge in [-0.25, -0.2) is 0 Å². The normalized spacial score (nSPS) is 11.4. The van der Waals surface area contributed by atoms with Gasteiger partial charge in [0.2, 0.25) is 0 Å². The number of esters is 1. The molecule has 0 spiro atoms. The molecule has 1 atom stereocenters. The second kappa shape index (κ2) is 7.98. The van der Waals surface area contributed by atoms with E-state index in [0.29, 0.717) is 11.3 Å². The Bertz CT molecular complexity index is 652. The van der Waals surface area contributed by atoms with Crippen LogP contribution in [0, 0.1) is 0 Å². The predicted molar refractivity (Wildman–Crippen MR) is 86.3 cm³/mol. The van der Waals surface area contributed by atoms with E-state index in [-0.39, 0.29) is 18.6 Å². The first-order valence-corrected chi connectivity index (χ1v) is 7.27. The minimum absolute atomic E-state index is 0.0878. The van der Waals surface area contributed by atoms with Crippen molar-refractivity contribution in [3.63, 3.8) is 0 Å². The number of nitrogens with one attached hydrogen (secondary N) is 1. The van der Waals surface area contributed by atoms with Gasteiger partial charge < -0.3 is 14.8 Å². The van der Waals surface area contributed by atoms with Crippen LogP contribution in [0.4, 0.5) is 0 Å². The first kappa shape index (κ1) is 16.5. The molecule has 5 nitrogen and oxygen atoms in total. The molecule has 0 saturated heterocycles. The van der Waals surface area contributed by atoms with Gasteiger partial charge in [-0.05, 0) is 36.8 Å². The number of amides is 1. The number of carbonyl (C=O) groups excluding carboxylic acids is 2. The van der Waals surface area contributed by atoms with Crippen LogP contribution in [0.3, 0.4) is 0 Å². The molecular formula is C18H19NO4. The molecule has 0 aliphatic heterocycles. The second-order valence-electron chi connectivity index (χ2n) is 4.95. The fraction of sp³-hybridized carbons (Fsp3) is 0.222. The summed E-state index contributed by atoms with van der Waals surface area (Å²) in [6, 6.07) is 16.6. The van der Waals surface area contributed by atoms with Crippen LogP contribution in [0.15, 0.2) is 54.6 Å².